The summed E-state index contributed by atoms with van der Waals surface area (Å²) in [5, 5.41) is 0. The lowest BCUT2D eigenvalue weighted by Crippen LogP contribution is -2.08. The molecule has 1 aromatic heterocycles. The van der Waals surface area contributed by atoms with Gasteiger partial charge in [0.2, 0.25) is 0 Å². The van der Waals surface area contributed by atoms with Crippen LogP contribution in [0.3, 0.4) is 0 Å². The Balaban J connectivity index is 2.45. The molecular weight excluding hydrogens is 200 g/mol. The second-order valence-electron chi connectivity index (χ2n) is 3.74. The molecule has 0 bridgehead atoms. The van der Waals surface area contributed by atoms with Crippen LogP contribution in [0.15, 0.2) is 41.6 Å². The number of nitrogens with one attached hydrogen (secondary N) is 1. The van der Waals surface area contributed by atoms with Crippen LogP contribution in [0.25, 0.3) is 11.1 Å². The smallest absolute Gasteiger partial charge is 0.258 e. The van der Waals surface area contributed by atoms with Crippen molar-refractivity contribution in [3.63, 3.8) is 0 Å². The fraction of sp³-hybridized carbons (Fsp3) is 0.231. The number of aromatic nitrogens is 2. The van der Waals surface area contributed by atoms with Crippen molar-refractivity contribution in [1.82, 2.24) is 9.97 Å². The van der Waals surface area contributed by atoms with Crippen LogP contribution in [0.1, 0.15) is 18.9 Å². The summed E-state index contributed by atoms with van der Waals surface area (Å²) in [4.78, 5) is 18.1. The Morgan fingerprint density at radius 1 is 1.38 bits per heavy atom. The summed E-state index contributed by atoms with van der Waals surface area (Å²) < 4.78 is 0. The summed E-state index contributed by atoms with van der Waals surface area (Å²) >= 11 is 0. The van der Waals surface area contributed by atoms with Gasteiger partial charge in [-0.15, -0.1) is 0 Å². The van der Waals surface area contributed by atoms with E-state index >= 15 is 0 Å². The average Bonchev–Trinajstić information content (AvgIpc) is 2.30. The molecule has 0 spiro atoms. The Labute approximate surface area is 94.2 Å². The van der Waals surface area contributed by atoms with Gasteiger partial charge in [0.25, 0.3) is 5.56 Å². The summed E-state index contributed by atoms with van der Waals surface area (Å²) in [7, 11) is 0. The summed E-state index contributed by atoms with van der Waals surface area (Å²) in [6.45, 7) is 2.14. The second-order valence-corrected chi connectivity index (χ2v) is 3.74. The van der Waals surface area contributed by atoms with E-state index in [0.717, 1.165) is 18.4 Å². The number of hydrogen-bond donors (Lipinski definition) is 1. The fourth-order valence-corrected chi connectivity index (χ4v) is 1.73. The first kappa shape index (κ1) is 10.6. The first-order valence-electron chi connectivity index (χ1n) is 5.43. The van der Waals surface area contributed by atoms with E-state index in [0.29, 0.717) is 5.56 Å². The molecular formula is C13H14N2O. The maximum Gasteiger partial charge on any atom is 0.258 e. The van der Waals surface area contributed by atoms with Crippen molar-refractivity contribution in [2.24, 2.45) is 0 Å². The van der Waals surface area contributed by atoms with Crippen LogP contribution < -0.4 is 5.56 Å². The van der Waals surface area contributed by atoms with Gasteiger partial charge in [-0.05, 0) is 17.5 Å². The van der Waals surface area contributed by atoms with Crippen molar-refractivity contribution in [3.05, 3.63) is 52.7 Å². The molecule has 0 aliphatic carbocycles. The molecule has 0 aliphatic heterocycles. The molecule has 2 rings (SSSR count). The van der Waals surface area contributed by atoms with Crippen LogP contribution in [-0.4, -0.2) is 9.97 Å². The maximum absolute atomic E-state index is 11.6. The van der Waals surface area contributed by atoms with Crippen LogP contribution in [0, 0.1) is 0 Å². The quantitative estimate of drug-likeness (QED) is 0.852. The summed E-state index contributed by atoms with van der Waals surface area (Å²) in [6.07, 6.45) is 5.14. The summed E-state index contributed by atoms with van der Waals surface area (Å²) in [5.74, 6) is 0. The fourth-order valence-electron chi connectivity index (χ4n) is 1.73. The van der Waals surface area contributed by atoms with E-state index in [1.165, 1.54) is 11.9 Å². The Hall–Kier alpha value is -1.90. The molecule has 0 fully saturated rings. The lowest BCUT2D eigenvalue weighted by molar-refractivity contribution is 0.922. The molecule has 3 heteroatoms. The van der Waals surface area contributed by atoms with Crippen molar-refractivity contribution >= 4 is 0 Å². The number of benzene rings is 1. The van der Waals surface area contributed by atoms with Gasteiger partial charge in [-0.25, -0.2) is 4.98 Å². The van der Waals surface area contributed by atoms with E-state index in [-0.39, 0.29) is 5.56 Å². The largest absolute Gasteiger partial charge is 0.313 e. The highest BCUT2D eigenvalue weighted by atomic mass is 16.1. The molecule has 16 heavy (non-hydrogen) atoms. The minimum absolute atomic E-state index is 0.0938. The van der Waals surface area contributed by atoms with Crippen LogP contribution in [0.2, 0.25) is 0 Å². The summed E-state index contributed by atoms with van der Waals surface area (Å²) in [6, 6.07) is 8.05. The number of rotatable bonds is 3. The first-order chi connectivity index (χ1) is 7.81. The monoisotopic (exact) mass is 214 g/mol. The van der Waals surface area contributed by atoms with E-state index in [4.69, 9.17) is 0 Å². The molecule has 0 unspecified atom stereocenters. The molecule has 1 N–H and O–H groups in total. The lowest BCUT2D eigenvalue weighted by atomic mass is 10.0. The number of hydrogen-bond acceptors (Lipinski definition) is 2. The molecule has 0 saturated carbocycles. The van der Waals surface area contributed by atoms with Gasteiger partial charge in [0.15, 0.2) is 0 Å². The molecule has 0 aliphatic rings. The van der Waals surface area contributed by atoms with E-state index < -0.39 is 0 Å². The average molecular weight is 214 g/mol. The SMILES string of the molecule is CCCc1cccc(-c2cnc[nH]c2=O)c1. The third kappa shape index (κ3) is 2.19. The molecule has 0 amide bonds. The van der Waals surface area contributed by atoms with E-state index in [1.54, 1.807) is 6.20 Å². The van der Waals surface area contributed by atoms with Crippen molar-refractivity contribution in [2.75, 3.05) is 0 Å². The third-order valence-electron chi connectivity index (χ3n) is 2.50. The third-order valence-corrected chi connectivity index (χ3v) is 2.50. The van der Waals surface area contributed by atoms with E-state index in [2.05, 4.69) is 29.0 Å². The highest BCUT2D eigenvalue weighted by Crippen LogP contribution is 2.16. The van der Waals surface area contributed by atoms with Crippen molar-refractivity contribution in [1.29, 1.82) is 0 Å². The van der Waals surface area contributed by atoms with Gasteiger partial charge in [-0.3, -0.25) is 4.79 Å². The van der Waals surface area contributed by atoms with Gasteiger partial charge < -0.3 is 4.98 Å². The Morgan fingerprint density at radius 2 is 2.25 bits per heavy atom. The molecule has 1 heterocycles. The molecule has 1 aromatic carbocycles. The lowest BCUT2D eigenvalue weighted by Gasteiger charge is -2.03. The van der Waals surface area contributed by atoms with Crippen LogP contribution >= 0.6 is 0 Å². The molecule has 0 atom stereocenters. The van der Waals surface area contributed by atoms with E-state index in [1.807, 2.05) is 12.1 Å². The van der Waals surface area contributed by atoms with E-state index in [9.17, 15) is 4.79 Å². The predicted molar refractivity (Wildman–Crippen MR) is 64.3 cm³/mol. The van der Waals surface area contributed by atoms with Gasteiger partial charge in [0, 0.05) is 6.20 Å². The molecule has 2 aromatic rings. The highest BCUT2D eigenvalue weighted by molar-refractivity contribution is 5.62. The zero-order valence-electron chi connectivity index (χ0n) is 9.23. The highest BCUT2D eigenvalue weighted by Gasteiger charge is 2.03. The maximum atomic E-state index is 11.6. The van der Waals surface area contributed by atoms with Crippen LogP contribution in [-0.2, 0) is 6.42 Å². The minimum atomic E-state index is -0.0938. The number of aryl methyl sites for hydroxylation is 1. The number of nitrogens with zero attached hydrogens (tertiary/aromatic N) is 1. The van der Waals surface area contributed by atoms with Gasteiger partial charge in [-0.2, -0.15) is 0 Å². The standard InChI is InChI=1S/C13H14N2O/c1-2-4-10-5-3-6-11(7-10)12-8-14-9-15-13(12)16/h3,5-9H,2,4H2,1H3,(H,14,15,16). The number of aromatic amines is 1. The van der Waals surface area contributed by atoms with Gasteiger partial charge in [-0.1, -0.05) is 37.6 Å². The zero-order valence-corrected chi connectivity index (χ0v) is 9.23. The van der Waals surface area contributed by atoms with Gasteiger partial charge >= 0.3 is 0 Å². The Bertz CT molecular complexity index is 531. The zero-order chi connectivity index (χ0) is 11.4. The summed E-state index contributed by atoms with van der Waals surface area (Å²) in [5.41, 5.74) is 2.72. The molecule has 3 nitrogen and oxygen atoms in total. The molecule has 0 saturated heterocycles. The Kier molecular flexibility index (Phi) is 3.15. The van der Waals surface area contributed by atoms with Crippen molar-refractivity contribution in [3.8, 4) is 11.1 Å². The van der Waals surface area contributed by atoms with Gasteiger partial charge in [0.05, 0.1) is 11.9 Å². The van der Waals surface area contributed by atoms with Gasteiger partial charge in [0.1, 0.15) is 0 Å². The Morgan fingerprint density at radius 3 is 3.00 bits per heavy atom. The molecule has 0 radical (unpaired) electrons. The second kappa shape index (κ2) is 4.75. The van der Waals surface area contributed by atoms with Crippen molar-refractivity contribution < 1.29 is 0 Å². The first-order valence-corrected chi connectivity index (χ1v) is 5.43. The molecule has 82 valence electrons. The topological polar surface area (TPSA) is 45.8 Å². The van der Waals surface area contributed by atoms with Crippen LogP contribution in [0.4, 0.5) is 0 Å². The number of H-pyrrole nitrogens is 1. The van der Waals surface area contributed by atoms with Crippen LogP contribution in [0.5, 0.6) is 0 Å². The minimum Gasteiger partial charge on any atom is -0.313 e. The van der Waals surface area contributed by atoms with Crippen molar-refractivity contribution in [2.45, 2.75) is 19.8 Å². The normalized spacial score (nSPS) is 10.3. The predicted octanol–water partition coefficient (Wildman–Crippen LogP) is 2.39.